The van der Waals surface area contributed by atoms with Gasteiger partial charge in [-0.05, 0) is 73.8 Å². The molecule has 2 N–H and O–H groups in total. The molecule has 0 aliphatic heterocycles. The highest BCUT2D eigenvalue weighted by atomic mass is 16.5. The molecule has 4 bridgehead atoms. The Balaban J connectivity index is 1.40. The predicted molar refractivity (Wildman–Crippen MR) is 104 cm³/mol. The number of aryl methyl sites for hydroxylation is 1. The first-order chi connectivity index (χ1) is 13.1. The summed E-state index contributed by atoms with van der Waals surface area (Å²) in [6, 6.07) is 7.59. The van der Waals surface area contributed by atoms with Gasteiger partial charge < -0.3 is 15.4 Å². The van der Waals surface area contributed by atoms with Crippen LogP contribution in [0.15, 0.2) is 24.3 Å². The summed E-state index contributed by atoms with van der Waals surface area (Å²) in [5.41, 5.74) is 1.43. The van der Waals surface area contributed by atoms with Crippen LogP contribution >= 0.6 is 0 Å². The van der Waals surface area contributed by atoms with Gasteiger partial charge in [-0.3, -0.25) is 9.59 Å². The highest BCUT2D eigenvalue weighted by Crippen LogP contribution is 2.59. The maximum Gasteiger partial charge on any atom is 0.313 e. The second kappa shape index (κ2) is 7.27. The first-order valence-corrected chi connectivity index (χ1v) is 10.3. The highest BCUT2D eigenvalue weighted by Gasteiger charge is 2.57. The van der Waals surface area contributed by atoms with E-state index in [-0.39, 0.29) is 5.60 Å². The zero-order chi connectivity index (χ0) is 19.0. The topological polar surface area (TPSA) is 67.4 Å². The van der Waals surface area contributed by atoms with Crippen LogP contribution < -0.4 is 10.6 Å². The molecular weight excluding hydrogens is 340 g/mol. The van der Waals surface area contributed by atoms with Crippen molar-refractivity contribution in [3.8, 4) is 0 Å². The van der Waals surface area contributed by atoms with Crippen molar-refractivity contribution in [2.45, 2.75) is 51.0 Å². The molecule has 0 spiro atoms. The molecule has 27 heavy (non-hydrogen) atoms. The third-order valence-corrected chi connectivity index (χ3v) is 7.28. The summed E-state index contributed by atoms with van der Waals surface area (Å²) in [6.07, 6.45) is 6.98. The Morgan fingerprint density at radius 3 is 2.26 bits per heavy atom. The molecule has 0 radical (unpaired) electrons. The van der Waals surface area contributed by atoms with Crippen molar-refractivity contribution in [3.63, 3.8) is 0 Å². The number of anilines is 1. The van der Waals surface area contributed by atoms with E-state index in [1.54, 1.807) is 7.11 Å². The molecule has 0 unspecified atom stereocenters. The standard InChI is InChI=1S/C22H30N2O3/c1-3-16-6-4-5-7-19(16)24-21(26)20(25)23-13-22(27-2)17-9-14-8-15(11-17)12-18(22)10-14/h4-7,14-15,17-18H,3,8-13H2,1-2H3,(H,23,25)(H,24,26). The van der Waals surface area contributed by atoms with Crippen LogP contribution in [0.5, 0.6) is 0 Å². The van der Waals surface area contributed by atoms with Gasteiger partial charge in [-0.1, -0.05) is 25.1 Å². The Bertz CT molecular complexity index is 702. The Morgan fingerprint density at radius 2 is 1.67 bits per heavy atom. The van der Waals surface area contributed by atoms with E-state index in [1.165, 1.54) is 32.1 Å². The largest absolute Gasteiger partial charge is 0.376 e. The first kappa shape index (κ1) is 18.5. The van der Waals surface area contributed by atoms with Crippen molar-refractivity contribution in [2.75, 3.05) is 19.0 Å². The van der Waals surface area contributed by atoms with Crippen LogP contribution in [0.3, 0.4) is 0 Å². The van der Waals surface area contributed by atoms with Crippen LogP contribution in [0, 0.1) is 23.7 Å². The lowest BCUT2D eigenvalue weighted by molar-refractivity contribution is -0.188. The average Bonchev–Trinajstić information content (AvgIpc) is 2.67. The Labute approximate surface area is 161 Å². The molecule has 4 saturated carbocycles. The van der Waals surface area contributed by atoms with E-state index >= 15 is 0 Å². The Morgan fingerprint density at radius 1 is 1.04 bits per heavy atom. The van der Waals surface area contributed by atoms with E-state index in [1.807, 2.05) is 31.2 Å². The fourth-order valence-corrected chi connectivity index (χ4v) is 6.10. The van der Waals surface area contributed by atoms with E-state index in [4.69, 9.17) is 4.74 Å². The van der Waals surface area contributed by atoms with E-state index in [0.29, 0.717) is 24.1 Å². The number of carbonyl (C=O) groups excluding carboxylic acids is 2. The smallest absolute Gasteiger partial charge is 0.313 e. The number of hydrogen-bond donors (Lipinski definition) is 2. The zero-order valence-electron chi connectivity index (χ0n) is 16.3. The number of nitrogens with one attached hydrogen (secondary N) is 2. The summed E-state index contributed by atoms with van der Waals surface area (Å²) in [5.74, 6) is 1.49. The van der Waals surface area contributed by atoms with Crippen LogP contribution in [-0.2, 0) is 20.7 Å². The molecular formula is C22H30N2O3. The summed E-state index contributed by atoms with van der Waals surface area (Å²) in [4.78, 5) is 24.8. The fourth-order valence-electron chi connectivity index (χ4n) is 6.10. The van der Waals surface area contributed by atoms with Gasteiger partial charge in [0.25, 0.3) is 0 Å². The second-order valence-corrected chi connectivity index (χ2v) is 8.61. The van der Waals surface area contributed by atoms with Crippen molar-refractivity contribution < 1.29 is 14.3 Å². The third kappa shape index (κ3) is 3.27. The lowest BCUT2D eigenvalue weighted by Gasteiger charge is -2.60. The van der Waals surface area contributed by atoms with Gasteiger partial charge in [0, 0.05) is 19.3 Å². The van der Waals surface area contributed by atoms with Crippen molar-refractivity contribution in [1.82, 2.24) is 5.32 Å². The number of methoxy groups -OCH3 is 1. The van der Waals surface area contributed by atoms with E-state index in [2.05, 4.69) is 10.6 Å². The quantitative estimate of drug-likeness (QED) is 0.783. The molecule has 5 nitrogen and oxygen atoms in total. The minimum atomic E-state index is -0.606. The Kier molecular flexibility index (Phi) is 4.97. The van der Waals surface area contributed by atoms with Gasteiger partial charge in [0.05, 0.1) is 5.60 Å². The predicted octanol–water partition coefficient (Wildman–Crippen LogP) is 3.15. The van der Waals surface area contributed by atoms with Crippen molar-refractivity contribution >= 4 is 17.5 Å². The Hall–Kier alpha value is -1.88. The number of hydrogen-bond acceptors (Lipinski definition) is 3. The molecule has 0 heterocycles. The number of amides is 2. The van der Waals surface area contributed by atoms with Gasteiger partial charge in [-0.25, -0.2) is 0 Å². The third-order valence-electron chi connectivity index (χ3n) is 7.28. The van der Waals surface area contributed by atoms with Crippen LogP contribution in [0.2, 0.25) is 0 Å². The normalized spacial score (nSPS) is 33.7. The monoisotopic (exact) mass is 370 g/mol. The molecule has 146 valence electrons. The van der Waals surface area contributed by atoms with Crippen LogP contribution in [0.25, 0.3) is 0 Å². The summed E-state index contributed by atoms with van der Waals surface area (Å²) >= 11 is 0. The maximum absolute atomic E-state index is 12.5. The van der Waals surface area contributed by atoms with Gasteiger partial charge in [-0.15, -0.1) is 0 Å². The number of carbonyl (C=O) groups is 2. The summed E-state index contributed by atoms with van der Waals surface area (Å²) in [5, 5.41) is 5.64. The minimum absolute atomic E-state index is 0.301. The molecule has 4 aliphatic carbocycles. The van der Waals surface area contributed by atoms with E-state index in [0.717, 1.165) is 23.8 Å². The lowest BCUT2D eigenvalue weighted by Crippen LogP contribution is -2.63. The van der Waals surface area contributed by atoms with Gasteiger partial charge in [0.2, 0.25) is 0 Å². The SMILES string of the molecule is CCc1ccccc1NC(=O)C(=O)NCC1(OC)C2CC3CC(C2)CC1C3. The average molecular weight is 370 g/mol. The van der Waals surface area contributed by atoms with Crippen LogP contribution in [0.1, 0.15) is 44.6 Å². The molecule has 5 heteroatoms. The molecule has 0 aromatic heterocycles. The number of para-hydroxylation sites is 1. The van der Waals surface area contributed by atoms with Gasteiger partial charge in [-0.2, -0.15) is 0 Å². The van der Waals surface area contributed by atoms with Crippen LogP contribution in [-0.4, -0.2) is 31.1 Å². The molecule has 4 fully saturated rings. The number of ether oxygens (including phenoxy) is 1. The first-order valence-electron chi connectivity index (χ1n) is 10.3. The number of benzene rings is 1. The molecule has 2 amide bonds. The van der Waals surface area contributed by atoms with Crippen molar-refractivity contribution in [3.05, 3.63) is 29.8 Å². The van der Waals surface area contributed by atoms with Crippen molar-refractivity contribution in [2.24, 2.45) is 23.7 Å². The summed E-state index contributed by atoms with van der Waals surface area (Å²) in [6.45, 7) is 2.46. The molecule has 0 saturated heterocycles. The summed E-state index contributed by atoms with van der Waals surface area (Å²) < 4.78 is 6.05. The zero-order valence-corrected chi connectivity index (χ0v) is 16.3. The van der Waals surface area contributed by atoms with Gasteiger partial charge in [0.1, 0.15) is 0 Å². The van der Waals surface area contributed by atoms with E-state index in [9.17, 15) is 9.59 Å². The second-order valence-electron chi connectivity index (χ2n) is 8.61. The molecule has 5 rings (SSSR count). The van der Waals surface area contributed by atoms with E-state index < -0.39 is 11.8 Å². The van der Waals surface area contributed by atoms with Gasteiger partial charge >= 0.3 is 11.8 Å². The number of rotatable bonds is 5. The molecule has 1 aromatic carbocycles. The molecule has 4 aliphatic rings. The van der Waals surface area contributed by atoms with Crippen LogP contribution in [0.4, 0.5) is 5.69 Å². The molecule has 1 aromatic rings. The fraction of sp³-hybridized carbons (Fsp3) is 0.636. The summed E-state index contributed by atoms with van der Waals surface area (Å²) in [7, 11) is 1.77. The maximum atomic E-state index is 12.5. The molecule has 0 atom stereocenters. The van der Waals surface area contributed by atoms with Crippen molar-refractivity contribution in [1.29, 1.82) is 0 Å². The highest BCUT2D eigenvalue weighted by molar-refractivity contribution is 6.39. The lowest BCUT2D eigenvalue weighted by atomic mass is 9.49. The minimum Gasteiger partial charge on any atom is -0.376 e. The van der Waals surface area contributed by atoms with Gasteiger partial charge in [0.15, 0.2) is 0 Å².